The molecule has 0 heterocycles. The highest BCUT2D eigenvalue weighted by molar-refractivity contribution is 9.10. The van der Waals surface area contributed by atoms with Gasteiger partial charge in [-0.3, -0.25) is 4.79 Å². The summed E-state index contributed by atoms with van der Waals surface area (Å²) >= 11 is 5.21. The van der Waals surface area contributed by atoms with Gasteiger partial charge in [0.05, 0.1) is 0 Å². The Kier molecular flexibility index (Phi) is 6.58. The van der Waals surface area contributed by atoms with Gasteiger partial charge in [0.1, 0.15) is 0 Å². The van der Waals surface area contributed by atoms with Crippen LogP contribution in [0.15, 0.2) is 33.6 Å². The van der Waals surface area contributed by atoms with Crippen LogP contribution in [-0.2, 0) is 4.79 Å². The van der Waals surface area contributed by atoms with Gasteiger partial charge in [-0.25, -0.2) is 0 Å². The molecule has 1 aliphatic carbocycles. The Bertz CT molecular complexity index is 466. The van der Waals surface area contributed by atoms with Crippen molar-refractivity contribution in [1.82, 2.24) is 5.32 Å². The van der Waals surface area contributed by atoms with Crippen LogP contribution >= 0.6 is 27.7 Å². The van der Waals surface area contributed by atoms with Crippen molar-refractivity contribution in [1.29, 1.82) is 0 Å². The maximum atomic E-state index is 12.0. The van der Waals surface area contributed by atoms with Gasteiger partial charge in [0, 0.05) is 33.6 Å². The number of carbonyl (C=O) groups excluding carboxylic acids is 1. The molecule has 116 valence electrons. The SMILES string of the molecule is CC(CNC(=O)C[C@@H]1CCC[C@H]1N)Sc1ccc(Br)cc1. The fourth-order valence-corrected chi connectivity index (χ4v) is 3.86. The summed E-state index contributed by atoms with van der Waals surface area (Å²) in [5, 5.41) is 3.39. The Morgan fingerprint density at radius 2 is 2.14 bits per heavy atom. The Labute approximate surface area is 139 Å². The highest BCUT2D eigenvalue weighted by Gasteiger charge is 2.25. The molecule has 1 aliphatic rings. The Morgan fingerprint density at radius 3 is 2.76 bits per heavy atom. The van der Waals surface area contributed by atoms with Crippen molar-refractivity contribution in [3.05, 3.63) is 28.7 Å². The van der Waals surface area contributed by atoms with Crippen molar-refractivity contribution in [2.24, 2.45) is 11.7 Å². The molecule has 5 heteroatoms. The predicted octanol–water partition coefficient (Wildman–Crippen LogP) is 3.56. The van der Waals surface area contributed by atoms with Crippen LogP contribution in [-0.4, -0.2) is 23.7 Å². The number of benzene rings is 1. The molecule has 0 bridgehead atoms. The first-order valence-electron chi connectivity index (χ1n) is 7.49. The molecule has 1 amide bonds. The fourth-order valence-electron chi connectivity index (χ4n) is 2.67. The van der Waals surface area contributed by atoms with E-state index in [1.54, 1.807) is 11.8 Å². The predicted molar refractivity (Wildman–Crippen MR) is 92.4 cm³/mol. The van der Waals surface area contributed by atoms with E-state index >= 15 is 0 Å². The van der Waals surface area contributed by atoms with E-state index in [-0.39, 0.29) is 11.9 Å². The number of carbonyl (C=O) groups is 1. The quantitative estimate of drug-likeness (QED) is 0.752. The van der Waals surface area contributed by atoms with E-state index in [4.69, 9.17) is 5.73 Å². The standard InChI is InChI=1S/C16H23BrN2OS/c1-11(21-14-7-5-13(17)6-8-14)10-19-16(20)9-12-3-2-4-15(12)18/h5-8,11-12,15H,2-4,9-10,18H2,1H3,(H,19,20)/t11?,12-,15+/m0/s1. The van der Waals surface area contributed by atoms with Gasteiger partial charge in [-0.2, -0.15) is 0 Å². The molecule has 0 aromatic heterocycles. The maximum Gasteiger partial charge on any atom is 0.220 e. The van der Waals surface area contributed by atoms with Crippen LogP contribution in [0.3, 0.4) is 0 Å². The highest BCUT2D eigenvalue weighted by atomic mass is 79.9. The van der Waals surface area contributed by atoms with Crippen LogP contribution in [0.25, 0.3) is 0 Å². The maximum absolute atomic E-state index is 12.0. The molecule has 3 nitrogen and oxygen atoms in total. The van der Waals surface area contributed by atoms with Gasteiger partial charge in [-0.05, 0) is 43.0 Å². The van der Waals surface area contributed by atoms with E-state index in [1.807, 2.05) is 12.1 Å². The topological polar surface area (TPSA) is 55.1 Å². The Morgan fingerprint density at radius 1 is 1.43 bits per heavy atom. The molecule has 2 rings (SSSR count). The van der Waals surface area contributed by atoms with Gasteiger partial charge in [0.2, 0.25) is 5.91 Å². The third-order valence-corrected chi connectivity index (χ3v) is 5.55. The summed E-state index contributed by atoms with van der Waals surface area (Å²) in [6, 6.07) is 8.46. The second kappa shape index (κ2) is 8.20. The van der Waals surface area contributed by atoms with Crippen molar-refractivity contribution >= 4 is 33.6 Å². The smallest absolute Gasteiger partial charge is 0.220 e. The van der Waals surface area contributed by atoms with E-state index < -0.39 is 0 Å². The number of nitrogens with one attached hydrogen (secondary N) is 1. The third-order valence-electron chi connectivity index (χ3n) is 3.90. The lowest BCUT2D eigenvalue weighted by atomic mass is 10.00. The van der Waals surface area contributed by atoms with Crippen molar-refractivity contribution < 1.29 is 4.79 Å². The number of amides is 1. The summed E-state index contributed by atoms with van der Waals surface area (Å²) in [6.45, 7) is 2.83. The Balaban J connectivity index is 1.69. The lowest BCUT2D eigenvalue weighted by Crippen LogP contribution is -2.34. The van der Waals surface area contributed by atoms with Crippen LogP contribution in [0.4, 0.5) is 0 Å². The summed E-state index contributed by atoms with van der Waals surface area (Å²) in [7, 11) is 0. The van der Waals surface area contributed by atoms with Gasteiger partial charge in [-0.1, -0.05) is 29.3 Å². The molecule has 0 saturated heterocycles. The molecule has 1 aromatic rings. The van der Waals surface area contributed by atoms with Gasteiger partial charge in [0.25, 0.3) is 0 Å². The van der Waals surface area contributed by atoms with Crippen LogP contribution in [0.1, 0.15) is 32.6 Å². The van der Waals surface area contributed by atoms with Gasteiger partial charge in [0.15, 0.2) is 0 Å². The summed E-state index contributed by atoms with van der Waals surface area (Å²) in [5.74, 6) is 0.514. The second-order valence-electron chi connectivity index (χ2n) is 5.75. The lowest BCUT2D eigenvalue weighted by Gasteiger charge is -2.16. The highest BCUT2D eigenvalue weighted by Crippen LogP contribution is 2.27. The first kappa shape index (κ1) is 16.8. The van der Waals surface area contributed by atoms with Gasteiger partial charge < -0.3 is 11.1 Å². The molecule has 0 spiro atoms. The van der Waals surface area contributed by atoms with E-state index in [1.165, 1.54) is 4.90 Å². The van der Waals surface area contributed by atoms with Crippen LogP contribution < -0.4 is 11.1 Å². The average molecular weight is 371 g/mol. The molecule has 1 fully saturated rings. The molecule has 1 aromatic carbocycles. The van der Waals surface area contributed by atoms with Crippen LogP contribution in [0.5, 0.6) is 0 Å². The second-order valence-corrected chi connectivity index (χ2v) is 8.17. The van der Waals surface area contributed by atoms with E-state index in [0.29, 0.717) is 24.1 Å². The number of thioether (sulfide) groups is 1. The molecule has 0 radical (unpaired) electrons. The molecule has 3 N–H and O–H groups in total. The molecular formula is C16H23BrN2OS. The molecule has 1 unspecified atom stereocenters. The van der Waals surface area contributed by atoms with Gasteiger partial charge >= 0.3 is 0 Å². The minimum atomic E-state index is 0.139. The zero-order chi connectivity index (χ0) is 15.2. The van der Waals surface area contributed by atoms with E-state index in [9.17, 15) is 4.79 Å². The number of rotatable bonds is 6. The largest absolute Gasteiger partial charge is 0.355 e. The first-order chi connectivity index (χ1) is 10.0. The van der Waals surface area contributed by atoms with Crippen LogP contribution in [0, 0.1) is 5.92 Å². The van der Waals surface area contributed by atoms with Crippen molar-refractivity contribution in [2.45, 2.75) is 48.8 Å². The van der Waals surface area contributed by atoms with Gasteiger partial charge in [-0.15, -0.1) is 11.8 Å². The van der Waals surface area contributed by atoms with Crippen LogP contribution in [0.2, 0.25) is 0 Å². The normalized spacial score (nSPS) is 23.0. The summed E-state index contributed by atoms with van der Waals surface area (Å²) in [6.07, 6.45) is 3.90. The minimum Gasteiger partial charge on any atom is -0.355 e. The molecular weight excluding hydrogens is 348 g/mol. The molecule has 21 heavy (non-hydrogen) atoms. The Hall–Kier alpha value is -0.520. The molecule has 1 saturated carbocycles. The number of hydrogen-bond acceptors (Lipinski definition) is 3. The summed E-state index contributed by atoms with van der Waals surface area (Å²) < 4.78 is 1.08. The fraction of sp³-hybridized carbons (Fsp3) is 0.562. The average Bonchev–Trinajstić information content (AvgIpc) is 2.85. The molecule has 0 aliphatic heterocycles. The zero-order valence-electron chi connectivity index (χ0n) is 12.3. The first-order valence-corrected chi connectivity index (χ1v) is 9.16. The lowest BCUT2D eigenvalue weighted by molar-refractivity contribution is -0.122. The van der Waals surface area contributed by atoms with Crippen molar-refractivity contribution in [3.63, 3.8) is 0 Å². The number of hydrogen-bond donors (Lipinski definition) is 2. The third kappa shape index (κ3) is 5.64. The molecule has 3 atom stereocenters. The monoisotopic (exact) mass is 370 g/mol. The number of halogens is 1. The summed E-state index contributed by atoms with van der Waals surface area (Å²) in [5.41, 5.74) is 6.01. The minimum absolute atomic E-state index is 0.139. The zero-order valence-corrected chi connectivity index (χ0v) is 14.8. The van der Waals surface area contributed by atoms with Crippen molar-refractivity contribution in [2.75, 3.05) is 6.54 Å². The number of nitrogens with two attached hydrogens (primary N) is 1. The van der Waals surface area contributed by atoms with E-state index in [2.05, 4.69) is 40.3 Å². The summed E-state index contributed by atoms with van der Waals surface area (Å²) in [4.78, 5) is 13.2. The van der Waals surface area contributed by atoms with Crippen molar-refractivity contribution in [3.8, 4) is 0 Å². The van der Waals surface area contributed by atoms with E-state index in [0.717, 1.165) is 23.7 Å².